The van der Waals surface area contributed by atoms with Crippen LogP contribution in [-0.4, -0.2) is 25.9 Å². The van der Waals surface area contributed by atoms with Crippen LogP contribution in [-0.2, 0) is 26.4 Å². The Bertz CT molecular complexity index is 902. The van der Waals surface area contributed by atoms with Crippen molar-refractivity contribution in [3.8, 4) is 5.75 Å². The predicted molar refractivity (Wildman–Crippen MR) is 93.2 cm³/mol. The van der Waals surface area contributed by atoms with Gasteiger partial charge in [0.25, 0.3) is 0 Å². The molecule has 1 aliphatic heterocycles. The third-order valence-electron chi connectivity index (χ3n) is 4.38. The third kappa shape index (κ3) is 2.58. The lowest BCUT2D eigenvalue weighted by Gasteiger charge is -2.09. The first-order chi connectivity index (χ1) is 11.6. The van der Waals surface area contributed by atoms with Gasteiger partial charge < -0.3 is 10.1 Å². The molecule has 0 saturated heterocycles. The lowest BCUT2D eigenvalue weighted by molar-refractivity contribution is 0.254. The van der Waals surface area contributed by atoms with Gasteiger partial charge in [-0.1, -0.05) is 19.1 Å². The van der Waals surface area contributed by atoms with Gasteiger partial charge in [0, 0.05) is 26.4 Å². The molecule has 3 aromatic rings. The number of rotatable bonds is 4. The quantitative estimate of drug-likeness (QED) is 0.800. The van der Waals surface area contributed by atoms with Gasteiger partial charge in [-0.2, -0.15) is 5.10 Å². The molecule has 0 amide bonds. The van der Waals surface area contributed by atoms with Crippen molar-refractivity contribution in [3.63, 3.8) is 0 Å². The number of aromatic nitrogens is 4. The average molecular weight is 323 g/mol. The highest BCUT2D eigenvalue weighted by molar-refractivity contribution is 5.86. The number of anilines is 1. The van der Waals surface area contributed by atoms with Gasteiger partial charge in [0.2, 0.25) is 0 Å². The second-order valence-electron chi connectivity index (χ2n) is 6.28. The van der Waals surface area contributed by atoms with Crippen molar-refractivity contribution in [2.24, 2.45) is 7.05 Å². The van der Waals surface area contributed by atoms with Crippen LogP contribution in [0.3, 0.4) is 0 Å². The molecule has 0 saturated carbocycles. The normalized spacial score (nSPS) is 16.2. The van der Waals surface area contributed by atoms with E-state index >= 15 is 0 Å². The maximum Gasteiger partial charge on any atom is 0.163 e. The van der Waals surface area contributed by atoms with Crippen LogP contribution in [0.25, 0.3) is 11.0 Å². The van der Waals surface area contributed by atoms with E-state index in [0.717, 1.165) is 41.3 Å². The summed E-state index contributed by atoms with van der Waals surface area (Å²) in [7, 11) is 1.90. The van der Waals surface area contributed by atoms with Gasteiger partial charge in [-0.3, -0.25) is 4.68 Å². The molecule has 1 N–H and O–H groups in total. The van der Waals surface area contributed by atoms with Crippen LogP contribution in [0.1, 0.15) is 30.8 Å². The molecule has 0 aliphatic carbocycles. The zero-order chi connectivity index (χ0) is 16.7. The molecular formula is C18H21N5O. The topological polar surface area (TPSA) is 64.9 Å². The number of aryl methyl sites for hydroxylation is 2. The number of hydrogen-bond donors (Lipinski definition) is 1. The van der Waals surface area contributed by atoms with E-state index in [2.05, 4.69) is 52.4 Å². The average Bonchev–Trinajstić information content (AvgIpc) is 3.14. The molecule has 24 heavy (non-hydrogen) atoms. The second kappa shape index (κ2) is 5.78. The Morgan fingerprint density at radius 1 is 1.33 bits per heavy atom. The van der Waals surface area contributed by atoms with Crippen molar-refractivity contribution in [2.45, 2.75) is 39.3 Å². The van der Waals surface area contributed by atoms with Crippen LogP contribution < -0.4 is 10.1 Å². The Balaban J connectivity index is 1.60. The summed E-state index contributed by atoms with van der Waals surface area (Å²) in [5.41, 5.74) is 3.37. The van der Waals surface area contributed by atoms with Crippen molar-refractivity contribution in [2.75, 3.05) is 5.32 Å². The predicted octanol–water partition coefficient (Wildman–Crippen LogP) is 2.86. The summed E-state index contributed by atoms with van der Waals surface area (Å²) in [5, 5.41) is 8.70. The molecule has 1 aromatic carbocycles. The van der Waals surface area contributed by atoms with Gasteiger partial charge >= 0.3 is 0 Å². The molecule has 0 fully saturated rings. The van der Waals surface area contributed by atoms with Gasteiger partial charge in [-0.15, -0.1) is 0 Å². The van der Waals surface area contributed by atoms with E-state index in [-0.39, 0.29) is 6.10 Å². The molecule has 0 unspecified atom stereocenters. The summed E-state index contributed by atoms with van der Waals surface area (Å²) in [6, 6.07) is 6.38. The summed E-state index contributed by atoms with van der Waals surface area (Å²) in [6.45, 7) is 4.87. The highest BCUT2D eigenvalue weighted by atomic mass is 16.5. The number of fused-ring (bicyclic) bond motifs is 2. The van der Waals surface area contributed by atoms with E-state index in [1.54, 1.807) is 4.68 Å². The molecule has 4 rings (SSSR count). The van der Waals surface area contributed by atoms with Crippen molar-refractivity contribution < 1.29 is 4.74 Å². The Hall–Kier alpha value is -2.63. The van der Waals surface area contributed by atoms with Gasteiger partial charge in [-0.25, -0.2) is 9.97 Å². The molecule has 6 heteroatoms. The van der Waals surface area contributed by atoms with Crippen LogP contribution in [0, 0.1) is 0 Å². The monoisotopic (exact) mass is 323 g/mol. The van der Waals surface area contributed by atoms with Crippen molar-refractivity contribution in [1.82, 2.24) is 19.7 Å². The lowest BCUT2D eigenvalue weighted by Crippen LogP contribution is -2.06. The summed E-state index contributed by atoms with van der Waals surface area (Å²) >= 11 is 0. The number of nitrogens with zero attached hydrogens (tertiary/aromatic N) is 4. The first-order valence-corrected chi connectivity index (χ1v) is 8.35. The van der Waals surface area contributed by atoms with E-state index in [1.165, 1.54) is 11.1 Å². The largest absolute Gasteiger partial charge is 0.490 e. The Morgan fingerprint density at radius 2 is 2.21 bits per heavy atom. The Morgan fingerprint density at radius 3 is 3.04 bits per heavy atom. The highest BCUT2D eigenvalue weighted by Crippen LogP contribution is 2.29. The molecule has 1 aliphatic rings. The third-order valence-corrected chi connectivity index (χ3v) is 4.38. The van der Waals surface area contributed by atoms with E-state index in [0.29, 0.717) is 6.54 Å². The fourth-order valence-corrected chi connectivity index (χ4v) is 3.13. The smallest absolute Gasteiger partial charge is 0.163 e. The van der Waals surface area contributed by atoms with E-state index in [9.17, 15) is 0 Å². The van der Waals surface area contributed by atoms with Crippen molar-refractivity contribution in [3.05, 3.63) is 41.3 Å². The maximum absolute atomic E-state index is 5.76. The lowest BCUT2D eigenvalue weighted by atomic mass is 10.1. The minimum Gasteiger partial charge on any atom is -0.490 e. The molecule has 124 valence electrons. The van der Waals surface area contributed by atoms with Crippen LogP contribution in [0.2, 0.25) is 0 Å². The fraction of sp³-hybridized carbons (Fsp3) is 0.389. The van der Waals surface area contributed by atoms with E-state index in [4.69, 9.17) is 4.74 Å². The summed E-state index contributed by atoms with van der Waals surface area (Å²) in [4.78, 5) is 9.19. The zero-order valence-electron chi connectivity index (χ0n) is 14.2. The first-order valence-electron chi connectivity index (χ1n) is 8.35. The second-order valence-corrected chi connectivity index (χ2v) is 6.28. The molecule has 1 atom stereocenters. The Labute approximate surface area is 140 Å². The molecule has 3 heterocycles. The van der Waals surface area contributed by atoms with Gasteiger partial charge in [0.05, 0.1) is 11.6 Å². The highest BCUT2D eigenvalue weighted by Gasteiger charge is 2.19. The van der Waals surface area contributed by atoms with Crippen molar-refractivity contribution >= 4 is 16.9 Å². The fourth-order valence-electron chi connectivity index (χ4n) is 3.13. The van der Waals surface area contributed by atoms with Crippen molar-refractivity contribution in [1.29, 1.82) is 0 Å². The van der Waals surface area contributed by atoms with E-state index in [1.807, 2.05) is 13.2 Å². The van der Waals surface area contributed by atoms with Crippen LogP contribution >= 0.6 is 0 Å². The molecule has 6 nitrogen and oxygen atoms in total. The van der Waals surface area contributed by atoms with Crippen LogP contribution in [0.4, 0.5) is 5.82 Å². The zero-order valence-corrected chi connectivity index (χ0v) is 14.2. The molecule has 0 bridgehead atoms. The standard InChI is InChI=1S/C18H21N5O/c1-4-16-21-17(14-10-20-23(3)18(14)22-16)19-9-12-5-6-15-13(8-12)7-11(2)24-15/h5-6,8,10-11H,4,7,9H2,1-3H3,(H,19,21,22)/t11-/m1/s1. The summed E-state index contributed by atoms with van der Waals surface area (Å²) < 4.78 is 7.55. The van der Waals surface area contributed by atoms with Gasteiger partial charge in [0.1, 0.15) is 23.5 Å². The molecular weight excluding hydrogens is 302 g/mol. The summed E-state index contributed by atoms with van der Waals surface area (Å²) in [5.74, 6) is 2.68. The van der Waals surface area contributed by atoms with Gasteiger partial charge in [0.15, 0.2) is 5.65 Å². The molecule has 0 radical (unpaired) electrons. The number of nitrogens with one attached hydrogen (secondary N) is 1. The number of benzene rings is 1. The summed E-state index contributed by atoms with van der Waals surface area (Å²) in [6.07, 6.45) is 3.86. The number of hydrogen-bond acceptors (Lipinski definition) is 5. The number of ether oxygens (including phenoxy) is 1. The minimum absolute atomic E-state index is 0.271. The maximum atomic E-state index is 5.76. The van der Waals surface area contributed by atoms with Crippen LogP contribution in [0.15, 0.2) is 24.4 Å². The van der Waals surface area contributed by atoms with E-state index < -0.39 is 0 Å². The van der Waals surface area contributed by atoms with Gasteiger partial charge in [-0.05, 0) is 24.1 Å². The Kier molecular flexibility index (Phi) is 3.59. The van der Waals surface area contributed by atoms with Crippen LogP contribution in [0.5, 0.6) is 5.75 Å². The molecule has 2 aromatic heterocycles. The molecule has 0 spiro atoms. The first kappa shape index (κ1) is 14.9. The SMILES string of the molecule is CCc1nc(NCc2ccc3c(c2)C[C@@H](C)O3)c2cnn(C)c2n1. The minimum atomic E-state index is 0.271.